The summed E-state index contributed by atoms with van der Waals surface area (Å²) in [5.74, 6) is -0.919. The molecule has 10 heavy (non-hydrogen) atoms. The Bertz CT molecular complexity index is 218. The van der Waals surface area contributed by atoms with Crippen LogP contribution in [-0.4, -0.2) is 21.0 Å². The van der Waals surface area contributed by atoms with E-state index in [2.05, 4.69) is 9.97 Å². The molecule has 1 aromatic heterocycles. The Kier molecular flexibility index (Phi) is 1.71. The van der Waals surface area contributed by atoms with Gasteiger partial charge in [-0.25, -0.2) is 4.98 Å². The monoisotopic (exact) mass is 140 g/mol. The zero-order valence-corrected chi connectivity index (χ0v) is 5.53. The average Bonchev–Trinajstić information content (AvgIpc) is 2.36. The number of aromatic amines is 1. The van der Waals surface area contributed by atoms with E-state index in [-0.39, 0.29) is 0 Å². The third-order valence-electron chi connectivity index (χ3n) is 1.30. The minimum Gasteiger partial charge on any atom is -0.481 e. The van der Waals surface area contributed by atoms with Gasteiger partial charge in [-0.1, -0.05) is 0 Å². The summed E-state index contributed by atoms with van der Waals surface area (Å²) in [5, 5.41) is 8.49. The molecule has 0 bridgehead atoms. The first-order valence-electron chi connectivity index (χ1n) is 2.94. The van der Waals surface area contributed by atoms with E-state index < -0.39 is 11.9 Å². The van der Waals surface area contributed by atoms with Gasteiger partial charge in [0.15, 0.2) is 0 Å². The lowest BCUT2D eigenvalue weighted by molar-refractivity contribution is -0.138. The Hall–Kier alpha value is -1.32. The van der Waals surface area contributed by atoms with Gasteiger partial charge in [0.05, 0.1) is 0 Å². The number of rotatable bonds is 2. The first-order valence-corrected chi connectivity index (χ1v) is 2.94. The standard InChI is InChI=1S/C6H8N2O2/c1-4(6(9)10)5-7-2-3-8-5/h2-4H,1H3,(H,7,8)(H,9,10). The second kappa shape index (κ2) is 2.51. The lowest BCUT2D eigenvalue weighted by Crippen LogP contribution is -2.08. The molecule has 1 atom stereocenters. The fourth-order valence-corrected chi connectivity index (χ4v) is 0.631. The second-order valence-electron chi connectivity index (χ2n) is 2.03. The lowest BCUT2D eigenvalue weighted by Gasteiger charge is -1.99. The Labute approximate surface area is 57.9 Å². The van der Waals surface area contributed by atoms with Crippen molar-refractivity contribution < 1.29 is 9.90 Å². The van der Waals surface area contributed by atoms with Gasteiger partial charge in [-0.3, -0.25) is 4.79 Å². The number of nitrogens with one attached hydrogen (secondary N) is 1. The molecule has 1 aromatic rings. The number of H-pyrrole nitrogens is 1. The van der Waals surface area contributed by atoms with Crippen LogP contribution in [0.5, 0.6) is 0 Å². The molecule has 1 rings (SSSR count). The molecule has 1 heterocycles. The second-order valence-corrected chi connectivity index (χ2v) is 2.03. The molecule has 2 N–H and O–H groups in total. The van der Waals surface area contributed by atoms with Gasteiger partial charge in [-0.2, -0.15) is 0 Å². The Morgan fingerprint density at radius 2 is 2.60 bits per heavy atom. The fourth-order valence-electron chi connectivity index (χ4n) is 0.631. The lowest BCUT2D eigenvalue weighted by atomic mass is 10.2. The van der Waals surface area contributed by atoms with E-state index in [9.17, 15) is 4.79 Å². The third kappa shape index (κ3) is 1.15. The van der Waals surface area contributed by atoms with E-state index in [0.717, 1.165) is 0 Å². The number of aliphatic carboxylic acids is 1. The summed E-state index contributed by atoms with van der Waals surface area (Å²) < 4.78 is 0. The van der Waals surface area contributed by atoms with Gasteiger partial charge in [0.2, 0.25) is 0 Å². The number of carboxylic acids is 1. The highest BCUT2D eigenvalue weighted by Gasteiger charge is 2.14. The van der Waals surface area contributed by atoms with E-state index in [1.807, 2.05) is 0 Å². The van der Waals surface area contributed by atoms with Crippen LogP contribution in [0, 0.1) is 0 Å². The van der Waals surface area contributed by atoms with Crippen molar-refractivity contribution >= 4 is 5.97 Å². The number of hydrogen-bond donors (Lipinski definition) is 2. The first-order chi connectivity index (χ1) is 4.72. The molecule has 1 unspecified atom stereocenters. The SMILES string of the molecule is CC(C(=O)O)c1ncc[nH]1. The molecule has 0 spiro atoms. The third-order valence-corrected chi connectivity index (χ3v) is 1.30. The van der Waals surface area contributed by atoms with Crippen LogP contribution in [-0.2, 0) is 4.79 Å². The van der Waals surface area contributed by atoms with Crippen molar-refractivity contribution in [3.8, 4) is 0 Å². The van der Waals surface area contributed by atoms with E-state index >= 15 is 0 Å². The van der Waals surface area contributed by atoms with Crippen LogP contribution < -0.4 is 0 Å². The predicted molar refractivity (Wildman–Crippen MR) is 34.6 cm³/mol. The zero-order valence-electron chi connectivity index (χ0n) is 5.53. The van der Waals surface area contributed by atoms with E-state index in [0.29, 0.717) is 5.82 Å². The largest absolute Gasteiger partial charge is 0.481 e. The normalized spacial score (nSPS) is 12.9. The molecule has 0 saturated heterocycles. The number of carboxylic acid groups (broad SMARTS) is 1. The highest BCUT2D eigenvalue weighted by atomic mass is 16.4. The number of carbonyl (C=O) groups is 1. The van der Waals surface area contributed by atoms with Crippen LogP contribution in [0.1, 0.15) is 18.7 Å². The quantitative estimate of drug-likeness (QED) is 0.632. The highest BCUT2D eigenvalue weighted by molar-refractivity contribution is 5.74. The first kappa shape index (κ1) is 6.80. The predicted octanol–water partition coefficient (Wildman–Crippen LogP) is 0.598. The van der Waals surface area contributed by atoms with E-state index in [4.69, 9.17) is 5.11 Å². The van der Waals surface area contributed by atoms with Crippen molar-refractivity contribution in [2.24, 2.45) is 0 Å². The van der Waals surface area contributed by atoms with Crippen LogP contribution in [0.15, 0.2) is 12.4 Å². The molecule has 0 aliphatic carbocycles. The number of nitrogens with zero attached hydrogens (tertiary/aromatic N) is 1. The smallest absolute Gasteiger partial charge is 0.313 e. The van der Waals surface area contributed by atoms with Crippen molar-refractivity contribution in [2.75, 3.05) is 0 Å². The number of hydrogen-bond acceptors (Lipinski definition) is 2. The van der Waals surface area contributed by atoms with Crippen molar-refractivity contribution in [1.29, 1.82) is 0 Å². The van der Waals surface area contributed by atoms with Gasteiger partial charge in [0.1, 0.15) is 11.7 Å². The van der Waals surface area contributed by atoms with Crippen LogP contribution in [0.4, 0.5) is 0 Å². The van der Waals surface area contributed by atoms with Gasteiger partial charge < -0.3 is 10.1 Å². The maximum Gasteiger partial charge on any atom is 0.313 e. The van der Waals surface area contributed by atoms with Crippen molar-refractivity contribution in [2.45, 2.75) is 12.8 Å². The minimum absolute atomic E-state index is 0.493. The van der Waals surface area contributed by atoms with Gasteiger partial charge in [0, 0.05) is 12.4 Å². The van der Waals surface area contributed by atoms with Crippen LogP contribution in [0.25, 0.3) is 0 Å². The summed E-state index contributed by atoms with van der Waals surface area (Å²) >= 11 is 0. The summed E-state index contributed by atoms with van der Waals surface area (Å²) in [7, 11) is 0. The van der Waals surface area contributed by atoms with Crippen molar-refractivity contribution in [3.63, 3.8) is 0 Å². The molecule has 0 aliphatic heterocycles. The van der Waals surface area contributed by atoms with E-state index in [1.54, 1.807) is 13.1 Å². The average molecular weight is 140 g/mol. The fraction of sp³-hybridized carbons (Fsp3) is 0.333. The van der Waals surface area contributed by atoms with Gasteiger partial charge in [-0.15, -0.1) is 0 Å². The molecular formula is C6H8N2O2. The summed E-state index contributed by atoms with van der Waals surface area (Å²) in [5.41, 5.74) is 0. The molecule has 0 aliphatic rings. The van der Waals surface area contributed by atoms with Gasteiger partial charge >= 0.3 is 5.97 Å². The van der Waals surface area contributed by atoms with Crippen molar-refractivity contribution in [1.82, 2.24) is 9.97 Å². The molecule has 0 radical (unpaired) electrons. The molecule has 4 nitrogen and oxygen atoms in total. The number of aromatic nitrogens is 2. The molecule has 0 aromatic carbocycles. The van der Waals surface area contributed by atoms with Gasteiger partial charge in [0.25, 0.3) is 0 Å². The summed E-state index contributed by atoms with van der Waals surface area (Å²) in [4.78, 5) is 16.9. The Morgan fingerprint density at radius 1 is 1.90 bits per heavy atom. The maximum absolute atomic E-state index is 10.3. The molecule has 0 fully saturated rings. The molecule has 54 valence electrons. The summed E-state index contributed by atoms with van der Waals surface area (Å²) in [6, 6.07) is 0. The molecule has 0 amide bonds. The highest BCUT2D eigenvalue weighted by Crippen LogP contribution is 2.07. The summed E-state index contributed by atoms with van der Waals surface area (Å²) in [6.07, 6.45) is 3.14. The maximum atomic E-state index is 10.3. The van der Waals surface area contributed by atoms with Crippen molar-refractivity contribution in [3.05, 3.63) is 18.2 Å². The Balaban J connectivity index is 2.77. The Morgan fingerprint density at radius 3 is 3.00 bits per heavy atom. The number of imidazole rings is 1. The van der Waals surface area contributed by atoms with Crippen LogP contribution in [0.2, 0.25) is 0 Å². The zero-order chi connectivity index (χ0) is 7.56. The van der Waals surface area contributed by atoms with Gasteiger partial charge in [-0.05, 0) is 6.92 Å². The van der Waals surface area contributed by atoms with Crippen LogP contribution in [0.3, 0.4) is 0 Å². The molecular weight excluding hydrogens is 132 g/mol. The topological polar surface area (TPSA) is 66.0 Å². The minimum atomic E-state index is -0.866. The molecule has 4 heteroatoms. The van der Waals surface area contributed by atoms with E-state index in [1.165, 1.54) is 6.20 Å². The summed E-state index contributed by atoms with van der Waals surface area (Å²) in [6.45, 7) is 1.58. The van der Waals surface area contributed by atoms with Crippen LogP contribution >= 0.6 is 0 Å². The molecule has 0 saturated carbocycles.